The molecule has 1 heterocycles. The molecule has 0 saturated heterocycles. The Morgan fingerprint density at radius 2 is 2.08 bits per heavy atom. The third-order valence-electron chi connectivity index (χ3n) is 7.66. The SMILES string of the molecule is C[C@]12CCC3c4ccc(O)cc4CCC3C1CC[C@@]21C=CC(=O)O1. The monoisotopic (exact) mass is 324 g/mol. The minimum absolute atomic E-state index is 0.0747. The third kappa shape index (κ3) is 1.71. The Kier molecular flexibility index (Phi) is 2.82. The first-order valence-electron chi connectivity index (χ1n) is 9.26. The van der Waals surface area contributed by atoms with Crippen LogP contribution in [0.3, 0.4) is 0 Å². The number of hydrogen-bond acceptors (Lipinski definition) is 3. The summed E-state index contributed by atoms with van der Waals surface area (Å²) in [6.07, 6.45) is 10.3. The van der Waals surface area contributed by atoms with Crippen LogP contribution in [-0.4, -0.2) is 16.7 Å². The maximum Gasteiger partial charge on any atom is 0.331 e. The molecule has 5 rings (SSSR count). The van der Waals surface area contributed by atoms with E-state index in [1.807, 2.05) is 12.1 Å². The van der Waals surface area contributed by atoms with Gasteiger partial charge in [0, 0.05) is 11.5 Å². The summed E-state index contributed by atoms with van der Waals surface area (Å²) in [5, 5.41) is 9.78. The summed E-state index contributed by atoms with van der Waals surface area (Å²) in [5.74, 6) is 2.12. The molecule has 3 aliphatic carbocycles. The lowest BCUT2D eigenvalue weighted by atomic mass is 9.53. The Balaban J connectivity index is 1.52. The largest absolute Gasteiger partial charge is 0.508 e. The number of rotatable bonds is 0. The number of ether oxygens (including phenoxy) is 1. The van der Waals surface area contributed by atoms with E-state index in [-0.39, 0.29) is 17.0 Å². The van der Waals surface area contributed by atoms with Crippen molar-refractivity contribution < 1.29 is 14.6 Å². The van der Waals surface area contributed by atoms with Crippen molar-refractivity contribution >= 4 is 5.97 Å². The van der Waals surface area contributed by atoms with E-state index in [0.717, 1.165) is 32.1 Å². The minimum Gasteiger partial charge on any atom is -0.508 e. The molecule has 4 aliphatic rings. The van der Waals surface area contributed by atoms with Crippen molar-refractivity contribution in [3.63, 3.8) is 0 Å². The zero-order valence-electron chi connectivity index (χ0n) is 14.1. The first-order chi connectivity index (χ1) is 11.5. The number of phenolic OH excluding ortho intramolecular Hbond substituents is 1. The van der Waals surface area contributed by atoms with Gasteiger partial charge < -0.3 is 9.84 Å². The molecule has 1 N–H and O–H groups in total. The quantitative estimate of drug-likeness (QED) is 0.731. The van der Waals surface area contributed by atoms with Crippen molar-refractivity contribution in [1.82, 2.24) is 0 Å². The molecule has 24 heavy (non-hydrogen) atoms. The van der Waals surface area contributed by atoms with Gasteiger partial charge in [0.15, 0.2) is 0 Å². The summed E-state index contributed by atoms with van der Waals surface area (Å²) in [6, 6.07) is 5.94. The zero-order chi connectivity index (χ0) is 16.5. The van der Waals surface area contributed by atoms with Crippen LogP contribution in [0.1, 0.15) is 56.1 Å². The van der Waals surface area contributed by atoms with Gasteiger partial charge in [-0.2, -0.15) is 0 Å². The topological polar surface area (TPSA) is 46.5 Å². The number of aryl methyl sites for hydroxylation is 1. The van der Waals surface area contributed by atoms with Gasteiger partial charge in [-0.15, -0.1) is 0 Å². The van der Waals surface area contributed by atoms with Crippen LogP contribution in [0, 0.1) is 17.3 Å². The molecule has 2 saturated carbocycles. The predicted octanol–water partition coefficient (Wildman–Crippen LogP) is 4.10. The van der Waals surface area contributed by atoms with Crippen LogP contribution in [0.4, 0.5) is 0 Å². The van der Waals surface area contributed by atoms with Crippen molar-refractivity contribution in [1.29, 1.82) is 0 Å². The van der Waals surface area contributed by atoms with E-state index in [0.29, 0.717) is 23.5 Å². The number of carbonyl (C=O) groups is 1. The van der Waals surface area contributed by atoms with E-state index in [1.54, 1.807) is 6.08 Å². The maximum absolute atomic E-state index is 11.8. The summed E-state index contributed by atoms with van der Waals surface area (Å²) in [4.78, 5) is 11.8. The summed E-state index contributed by atoms with van der Waals surface area (Å²) < 4.78 is 5.86. The Morgan fingerprint density at radius 3 is 2.88 bits per heavy atom. The molecule has 2 fully saturated rings. The molecule has 1 spiro atoms. The minimum atomic E-state index is -0.352. The first kappa shape index (κ1) is 14.6. The molecule has 3 heteroatoms. The van der Waals surface area contributed by atoms with Crippen molar-refractivity contribution in [3.05, 3.63) is 41.5 Å². The van der Waals surface area contributed by atoms with Gasteiger partial charge in [-0.05, 0) is 85.6 Å². The molecule has 126 valence electrons. The van der Waals surface area contributed by atoms with Gasteiger partial charge >= 0.3 is 5.97 Å². The Labute approximate surface area is 142 Å². The lowest BCUT2D eigenvalue weighted by molar-refractivity contribution is -0.159. The Morgan fingerprint density at radius 1 is 1.21 bits per heavy atom. The molecule has 3 unspecified atom stereocenters. The lowest BCUT2D eigenvalue weighted by Gasteiger charge is -2.52. The second kappa shape index (κ2) is 4.65. The highest BCUT2D eigenvalue weighted by Gasteiger charge is 2.64. The van der Waals surface area contributed by atoms with Crippen molar-refractivity contribution in [2.24, 2.45) is 17.3 Å². The fourth-order valence-electron chi connectivity index (χ4n) is 6.49. The molecule has 1 aromatic carbocycles. The molecule has 0 bridgehead atoms. The van der Waals surface area contributed by atoms with Crippen LogP contribution in [0.5, 0.6) is 5.75 Å². The number of phenols is 1. The highest BCUT2D eigenvalue weighted by molar-refractivity contribution is 5.85. The smallest absolute Gasteiger partial charge is 0.331 e. The molecule has 0 radical (unpaired) electrons. The number of aromatic hydroxyl groups is 1. The van der Waals surface area contributed by atoms with Crippen LogP contribution < -0.4 is 0 Å². The van der Waals surface area contributed by atoms with Gasteiger partial charge in [0.05, 0.1) is 0 Å². The molecular formula is C21H24O3. The van der Waals surface area contributed by atoms with E-state index in [2.05, 4.69) is 19.1 Å². The predicted molar refractivity (Wildman–Crippen MR) is 90.7 cm³/mol. The van der Waals surface area contributed by atoms with Crippen LogP contribution in [0.15, 0.2) is 30.4 Å². The number of hydrogen-bond donors (Lipinski definition) is 1. The van der Waals surface area contributed by atoms with Crippen LogP contribution in [0.25, 0.3) is 0 Å². The highest BCUT2D eigenvalue weighted by Crippen LogP contribution is 2.66. The summed E-state index contributed by atoms with van der Waals surface area (Å²) in [6.45, 7) is 2.36. The average molecular weight is 324 g/mol. The normalized spacial score (nSPS) is 42.5. The van der Waals surface area contributed by atoms with Crippen molar-refractivity contribution in [2.45, 2.75) is 57.0 Å². The molecule has 5 atom stereocenters. The first-order valence-corrected chi connectivity index (χ1v) is 9.26. The molecule has 1 aromatic rings. The molecular weight excluding hydrogens is 300 g/mol. The standard InChI is InChI=1S/C21H24O3/c1-20-9-6-16-15-5-3-14(22)12-13(15)2-4-17(16)18(20)7-10-21(20)11-8-19(23)24-21/h3,5,8,11-12,16-18,22H,2,4,6-7,9-10H2,1H3/t16?,17?,18?,20-,21+/m0/s1. The van der Waals surface area contributed by atoms with Gasteiger partial charge in [-0.1, -0.05) is 13.0 Å². The van der Waals surface area contributed by atoms with Gasteiger partial charge in [0.2, 0.25) is 0 Å². The molecule has 0 aromatic heterocycles. The highest BCUT2D eigenvalue weighted by atomic mass is 16.6. The summed E-state index contributed by atoms with van der Waals surface area (Å²) in [7, 11) is 0. The second-order valence-electron chi connectivity index (χ2n) is 8.44. The van der Waals surface area contributed by atoms with E-state index >= 15 is 0 Å². The average Bonchev–Trinajstić information content (AvgIpc) is 3.08. The molecule has 1 aliphatic heterocycles. The Hall–Kier alpha value is -1.77. The number of fused-ring (bicyclic) bond motifs is 6. The van der Waals surface area contributed by atoms with Gasteiger partial charge in [0.1, 0.15) is 11.4 Å². The maximum atomic E-state index is 11.8. The summed E-state index contributed by atoms with van der Waals surface area (Å²) >= 11 is 0. The summed E-state index contributed by atoms with van der Waals surface area (Å²) in [5.41, 5.74) is 2.51. The fraction of sp³-hybridized carbons (Fsp3) is 0.571. The van der Waals surface area contributed by atoms with Gasteiger partial charge in [-0.25, -0.2) is 4.79 Å². The third-order valence-corrected chi connectivity index (χ3v) is 7.66. The van der Waals surface area contributed by atoms with E-state index < -0.39 is 0 Å². The van der Waals surface area contributed by atoms with Crippen LogP contribution >= 0.6 is 0 Å². The van der Waals surface area contributed by atoms with E-state index in [4.69, 9.17) is 4.74 Å². The van der Waals surface area contributed by atoms with Crippen LogP contribution in [-0.2, 0) is 16.0 Å². The van der Waals surface area contributed by atoms with Crippen molar-refractivity contribution in [3.8, 4) is 5.75 Å². The second-order valence-corrected chi connectivity index (χ2v) is 8.44. The van der Waals surface area contributed by atoms with Crippen LogP contribution in [0.2, 0.25) is 0 Å². The number of benzene rings is 1. The number of esters is 1. The molecule has 0 amide bonds. The molecule has 3 nitrogen and oxygen atoms in total. The van der Waals surface area contributed by atoms with E-state index in [1.165, 1.54) is 17.5 Å². The van der Waals surface area contributed by atoms with Crippen molar-refractivity contribution in [2.75, 3.05) is 0 Å². The van der Waals surface area contributed by atoms with Gasteiger partial charge in [-0.3, -0.25) is 0 Å². The van der Waals surface area contributed by atoms with Gasteiger partial charge in [0.25, 0.3) is 0 Å². The lowest BCUT2D eigenvalue weighted by Crippen LogP contribution is -2.50. The number of carbonyl (C=O) groups excluding carboxylic acids is 1. The Bertz CT molecular complexity index is 751. The zero-order valence-corrected chi connectivity index (χ0v) is 14.1. The van der Waals surface area contributed by atoms with E-state index in [9.17, 15) is 9.90 Å². The fourth-order valence-corrected chi connectivity index (χ4v) is 6.49.